The third-order valence-corrected chi connectivity index (χ3v) is 4.19. The molecule has 1 fully saturated rings. The molecule has 2 aliphatic rings. The first kappa shape index (κ1) is 18.7. The summed E-state index contributed by atoms with van der Waals surface area (Å²) in [6.07, 6.45) is 6.79. The zero-order valence-corrected chi connectivity index (χ0v) is 15.3. The van der Waals surface area contributed by atoms with E-state index in [2.05, 4.69) is 28.2 Å². The van der Waals surface area contributed by atoms with E-state index in [4.69, 9.17) is 10.5 Å². The van der Waals surface area contributed by atoms with Crippen LogP contribution in [0.2, 0.25) is 0 Å². The number of ether oxygens (including phenoxy) is 1. The summed E-state index contributed by atoms with van der Waals surface area (Å²) in [5.74, 6) is 0.584. The van der Waals surface area contributed by atoms with Crippen molar-refractivity contribution in [3.05, 3.63) is 11.6 Å². The standard InChI is InChI=1S/C15H28N4O.HI/c1-2-19-9-3-4-14(19)12-18-15(16)17-8-5-13-6-10-20-11-7-13;/h6,14H,2-5,7-12H2,1H3,(H3,16,17,18);1H. The van der Waals surface area contributed by atoms with Gasteiger partial charge < -0.3 is 15.8 Å². The summed E-state index contributed by atoms with van der Waals surface area (Å²) in [6, 6.07) is 0.582. The lowest BCUT2D eigenvalue weighted by molar-refractivity contribution is 0.153. The number of likely N-dealkylation sites (N-methyl/N-ethyl adjacent to an activating group) is 1. The highest BCUT2D eigenvalue weighted by molar-refractivity contribution is 14.0. The van der Waals surface area contributed by atoms with Crippen LogP contribution >= 0.6 is 24.0 Å². The van der Waals surface area contributed by atoms with E-state index >= 15 is 0 Å². The van der Waals surface area contributed by atoms with Crippen molar-refractivity contribution < 1.29 is 4.74 Å². The molecule has 2 heterocycles. The summed E-state index contributed by atoms with van der Waals surface area (Å²) >= 11 is 0. The number of nitrogens with two attached hydrogens (primary N) is 1. The van der Waals surface area contributed by atoms with Crippen LogP contribution in [0.1, 0.15) is 32.6 Å². The Labute approximate surface area is 145 Å². The zero-order chi connectivity index (χ0) is 14.2. The normalized spacial score (nSPS) is 23.6. The number of nitrogens with zero attached hydrogens (tertiary/aromatic N) is 2. The van der Waals surface area contributed by atoms with Gasteiger partial charge in [0.15, 0.2) is 5.96 Å². The Balaban J connectivity index is 0.00000220. The average Bonchev–Trinajstić information content (AvgIpc) is 2.94. The molecule has 0 aromatic rings. The van der Waals surface area contributed by atoms with Crippen LogP contribution in [-0.4, -0.2) is 56.3 Å². The highest BCUT2D eigenvalue weighted by atomic mass is 127. The highest BCUT2D eigenvalue weighted by Gasteiger charge is 2.22. The molecule has 0 saturated carbocycles. The molecule has 1 unspecified atom stereocenters. The van der Waals surface area contributed by atoms with Gasteiger partial charge in [-0.05, 0) is 38.8 Å². The third kappa shape index (κ3) is 6.52. The van der Waals surface area contributed by atoms with Crippen molar-refractivity contribution in [1.82, 2.24) is 10.2 Å². The predicted molar refractivity (Wildman–Crippen MR) is 98.3 cm³/mol. The van der Waals surface area contributed by atoms with Crippen molar-refractivity contribution in [1.29, 1.82) is 0 Å². The Bertz CT molecular complexity index is 360. The van der Waals surface area contributed by atoms with E-state index in [0.29, 0.717) is 12.0 Å². The molecule has 1 atom stereocenters. The van der Waals surface area contributed by atoms with Crippen molar-refractivity contribution in [2.24, 2.45) is 10.7 Å². The first-order valence-electron chi connectivity index (χ1n) is 7.83. The molecule has 0 amide bonds. The Morgan fingerprint density at radius 2 is 2.43 bits per heavy atom. The molecule has 1 saturated heterocycles. The maximum atomic E-state index is 5.93. The number of guanidine groups is 1. The Morgan fingerprint density at radius 3 is 3.14 bits per heavy atom. The van der Waals surface area contributed by atoms with Crippen molar-refractivity contribution in [2.75, 3.05) is 39.4 Å². The molecule has 0 aromatic carbocycles. The summed E-state index contributed by atoms with van der Waals surface area (Å²) in [5.41, 5.74) is 7.39. The quantitative estimate of drug-likeness (QED) is 0.304. The molecular weight excluding hydrogens is 379 g/mol. The van der Waals surface area contributed by atoms with Gasteiger partial charge in [-0.3, -0.25) is 9.89 Å². The third-order valence-electron chi connectivity index (χ3n) is 4.19. The van der Waals surface area contributed by atoms with E-state index in [-0.39, 0.29) is 24.0 Å². The van der Waals surface area contributed by atoms with E-state index in [0.717, 1.165) is 45.7 Å². The Hall–Kier alpha value is -0.340. The predicted octanol–water partition coefficient (Wildman–Crippen LogP) is 1.73. The molecule has 21 heavy (non-hydrogen) atoms. The van der Waals surface area contributed by atoms with Crippen LogP contribution in [0.4, 0.5) is 0 Å². The van der Waals surface area contributed by atoms with Crippen LogP contribution < -0.4 is 11.1 Å². The van der Waals surface area contributed by atoms with Crippen LogP contribution in [0.25, 0.3) is 0 Å². The molecule has 6 heteroatoms. The number of likely N-dealkylation sites (tertiary alicyclic amines) is 1. The van der Waals surface area contributed by atoms with Gasteiger partial charge in [-0.1, -0.05) is 18.6 Å². The van der Waals surface area contributed by atoms with Gasteiger partial charge in [0, 0.05) is 12.6 Å². The lowest BCUT2D eigenvalue weighted by Gasteiger charge is -2.21. The van der Waals surface area contributed by atoms with Crippen molar-refractivity contribution in [3.8, 4) is 0 Å². The monoisotopic (exact) mass is 408 g/mol. The van der Waals surface area contributed by atoms with Crippen LogP contribution in [0.3, 0.4) is 0 Å². The minimum atomic E-state index is 0. The molecule has 122 valence electrons. The highest BCUT2D eigenvalue weighted by Crippen LogP contribution is 2.16. The summed E-state index contributed by atoms with van der Waals surface area (Å²) in [4.78, 5) is 6.97. The van der Waals surface area contributed by atoms with Gasteiger partial charge in [-0.25, -0.2) is 0 Å². The number of nitrogens with one attached hydrogen (secondary N) is 1. The summed E-state index contributed by atoms with van der Waals surface area (Å²) in [6.45, 7) is 7.83. The minimum Gasteiger partial charge on any atom is -0.377 e. The summed E-state index contributed by atoms with van der Waals surface area (Å²) < 4.78 is 5.29. The Kier molecular flexibility index (Phi) is 9.26. The van der Waals surface area contributed by atoms with E-state index in [1.165, 1.54) is 25.0 Å². The fourth-order valence-corrected chi connectivity index (χ4v) is 2.92. The van der Waals surface area contributed by atoms with E-state index < -0.39 is 0 Å². The van der Waals surface area contributed by atoms with Crippen molar-refractivity contribution in [2.45, 2.75) is 38.6 Å². The Morgan fingerprint density at radius 1 is 1.57 bits per heavy atom. The first-order chi connectivity index (χ1) is 9.79. The summed E-state index contributed by atoms with van der Waals surface area (Å²) in [7, 11) is 0. The van der Waals surface area contributed by atoms with Gasteiger partial charge in [-0.15, -0.1) is 24.0 Å². The lowest BCUT2D eigenvalue weighted by atomic mass is 10.1. The number of hydrogen-bond donors (Lipinski definition) is 2. The second-order valence-corrected chi connectivity index (χ2v) is 5.51. The molecule has 0 radical (unpaired) electrons. The van der Waals surface area contributed by atoms with Gasteiger partial charge in [0.05, 0.1) is 19.8 Å². The SMILES string of the molecule is CCN1CCCC1CN=C(N)NCCC1=CCOCC1.I. The molecule has 0 bridgehead atoms. The van der Waals surface area contributed by atoms with Gasteiger partial charge in [0.1, 0.15) is 0 Å². The minimum absolute atomic E-state index is 0. The maximum Gasteiger partial charge on any atom is 0.188 e. The molecule has 0 aliphatic carbocycles. The van der Waals surface area contributed by atoms with Gasteiger partial charge in [0.25, 0.3) is 0 Å². The molecule has 0 aromatic heterocycles. The lowest BCUT2D eigenvalue weighted by Crippen LogP contribution is -2.36. The van der Waals surface area contributed by atoms with Gasteiger partial charge >= 0.3 is 0 Å². The van der Waals surface area contributed by atoms with Crippen LogP contribution in [0.5, 0.6) is 0 Å². The van der Waals surface area contributed by atoms with E-state index in [9.17, 15) is 0 Å². The number of rotatable bonds is 6. The topological polar surface area (TPSA) is 62.9 Å². The fraction of sp³-hybridized carbons (Fsp3) is 0.800. The van der Waals surface area contributed by atoms with Crippen molar-refractivity contribution in [3.63, 3.8) is 0 Å². The average molecular weight is 408 g/mol. The van der Waals surface area contributed by atoms with E-state index in [1.54, 1.807) is 0 Å². The fourth-order valence-electron chi connectivity index (χ4n) is 2.92. The molecule has 5 nitrogen and oxygen atoms in total. The van der Waals surface area contributed by atoms with Crippen LogP contribution in [0.15, 0.2) is 16.6 Å². The first-order valence-corrected chi connectivity index (χ1v) is 7.83. The molecule has 3 N–H and O–H groups in total. The number of halogens is 1. The van der Waals surface area contributed by atoms with Crippen LogP contribution in [0, 0.1) is 0 Å². The smallest absolute Gasteiger partial charge is 0.188 e. The van der Waals surface area contributed by atoms with Crippen molar-refractivity contribution >= 4 is 29.9 Å². The zero-order valence-electron chi connectivity index (χ0n) is 13.0. The second kappa shape index (κ2) is 10.4. The van der Waals surface area contributed by atoms with Crippen LogP contribution in [-0.2, 0) is 4.74 Å². The molecule has 2 aliphatic heterocycles. The van der Waals surface area contributed by atoms with Gasteiger partial charge in [-0.2, -0.15) is 0 Å². The van der Waals surface area contributed by atoms with Gasteiger partial charge in [0.2, 0.25) is 0 Å². The second-order valence-electron chi connectivity index (χ2n) is 5.51. The molecule has 2 rings (SSSR count). The summed E-state index contributed by atoms with van der Waals surface area (Å²) in [5, 5.41) is 3.21. The number of aliphatic imine (C=N–C) groups is 1. The molecule has 0 spiro atoms. The van der Waals surface area contributed by atoms with E-state index in [1.807, 2.05) is 0 Å². The largest absolute Gasteiger partial charge is 0.377 e. The molecular formula is C15H29IN4O. The maximum absolute atomic E-state index is 5.93. The number of hydrogen-bond acceptors (Lipinski definition) is 3.